The Kier molecular flexibility index (Phi) is 6.98. The van der Waals surface area contributed by atoms with Gasteiger partial charge in [0.15, 0.2) is 0 Å². The summed E-state index contributed by atoms with van der Waals surface area (Å²) in [6.07, 6.45) is 12.8. The zero-order valence-electron chi connectivity index (χ0n) is 17.6. The monoisotopic (exact) mass is 397 g/mol. The molecule has 158 valence electrons. The Morgan fingerprint density at radius 3 is 2.34 bits per heavy atom. The van der Waals surface area contributed by atoms with Gasteiger partial charge in [0.2, 0.25) is 0 Å². The van der Waals surface area contributed by atoms with Gasteiger partial charge in [0.05, 0.1) is 11.0 Å². The molecule has 1 N–H and O–H groups in total. The van der Waals surface area contributed by atoms with Gasteiger partial charge in [-0.15, -0.1) is 0 Å². The van der Waals surface area contributed by atoms with Crippen LogP contribution >= 0.6 is 0 Å². The van der Waals surface area contributed by atoms with E-state index in [9.17, 15) is 9.90 Å². The molecule has 0 unspecified atom stereocenters. The van der Waals surface area contributed by atoms with Gasteiger partial charge in [0.25, 0.3) is 5.56 Å². The Balaban J connectivity index is 1.54. The van der Waals surface area contributed by atoms with Gasteiger partial charge in [-0.05, 0) is 50.7 Å². The fourth-order valence-corrected chi connectivity index (χ4v) is 5.28. The number of hydrogen-bond acceptors (Lipinski definition) is 4. The molecule has 1 aliphatic carbocycles. The molecule has 0 bridgehead atoms. The summed E-state index contributed by atoms with van der Waals surface area (Å²) in [7, 11) is 0. The molecule has 2 aliphatic rings. The summed E-state index contributed by atoms with van der Waals surface area (Å²) in [5, 5.41) is 9.20. The molecular weight excluding hydrogens is 362 g/mol. The van der Waals surface area contributed by atoms with Crippen molar-refractivity contribution in [2.45, 2.75) is 82.7 Å². The minimum absolute atomic E-state index is 0.0431. The van der Waals surface area contributed by atoms with Gasteiger partial charge in [-0.1, -0.05) is 44.2 Å². The second-order valence-corrected chi connectivity index (χ2v) is 8.82. The Hall–Kier alpha value is -1.72. The quantitative estimate of drug-likeness (QED) is 0.826. The molecule has 5 nitrogen and oxygen atoms in total. The number of rotatable bonds is 5. The summed E-state index contributed by atoms with van der Waals surface area (Å²) in [6, 6.07) is 8.99. The van der Waals surface area contributed by atoms with Crippen molar-refractivity contribution in [3.63, 3.8) is 0 Å². The minimum atomic E-state index is 0.0431. The fourth-order valence-electron chi connectivity index (χ4n) is 5.28. The van der Waals surface area contributed by atoms with E-state index in [1.807, 2.05) is 28.8 Å². The first-order chi connectivity index (χ1) is 14.3. The molecule has 1 aliphatic heterocycles. The van der Waals surface area contributed by atoms with Crippen molar-refractivity contribution in [1.29, 1.82) is 0 Å². The van der Waals surface area contributed by atoms with E-state index in [0.29, 0.717) is 18.5 Å². The average molecular weight is 398 g/mol. The lowest BCUT2D eigenvalue weighted by Gasteiger charge is -2.39. The van der Waals surface area contributed by atoms with Crippen molar-refractivity contribution in [2.75, 3.05) is 19.7 Å². The maximum absolute atomic E-state index is 13.3. The van der Waals surface area contributed by atoms with E-state index in [1.54, 1.807) is 0 Å². The first kappa shape index (κ1) is 20.5. The molecule has 2 heterocycles. The third-order valence-corrected chi connectivity index (χ3v) is 6.89. The highest BCUT2D eigenvalue weighted by molar-refractivity contribution is 5.74. The third kappa shape index (κ3) is 4.72. The number of aliphatic hydroxyl groups excluding tert-OH is 1. The molecular formula is C24H35N3O2. The first-order valence-corrected chi connectivity index (χ1v) is 11.6. The summed E-state index contributed by atoms with van der Waals surface area (Å²) >= 11 is 0. The molecule has 1 aromatic heterocycles. The lowest BCUT2D eigenvalue weighted by molar-refractivity contribution is 0.116. The predicted octanol–water partition coefficient (Wildman–Crippen LogP) is 4.07. The van der Waals surface area contributed by atoms with Gasteiger partial charge >= 0.3 is 0 Å². The van der Waals surface area contributed by atoms with E-state index in [4.69, 9.17) is 0 Å². The van der Waals surface area contributed by atoms with Gasteiger partial charge in [-0.25, -0.2) is 4.98 Å². The molecule has 5 heteroatoms. The molecule has 4 rings (SSSR count). The van der Waals surface area contributed by atoms with Crippen LogP contribution in [0, 0.1) is 0 Å². The van der Waals surface area contributed by atoms with Crippen LogP contribution in [0.4, 0.5) is 0 Å². The van der Waals surface area contributed by atoms with Crippen molar-refractivity contribution in [3.05, 3.63) is 40.3 Å². The topological polar surface area (TPSA) is 58.4 Å². The minimum Gasteiger partial charge on any atom is -0.396 e. The van der Waals surface area contributed by atoms with Crippen molar-refractivity contribution in [1.82, 2.24) is 14.5 Å². The van der Waals surface area contributed by atoms with E-state index in [-0.39, 0.29) is 18.2 Å². The number of piperidine rings is 1. The normalized spacial score (nSPS) is 20.6. The van der Waals surface area contributed by atoms with Gasteiger partial charge < -0.3 is 14.6 Å². The average Bonchev–Trinajstić information content (AvgIpc) is 2.72. The SMILES string of the molecule is O=c1c(CCCO)nc2ccccc2n1C1CCN(C2CCCCCCC2)CC1. The Bertz CT molecular complexity index is 847. The third-order valence-electron chi connectivity index (χ3n) is 6.89. The van der Waals surface area contributed by atoms with Crippen molar-refractivity contribution >= 4 is 11.0 Å². The number of aromatic nitrogens is 2. The number of aliphatic hydroxyl groups is 1. The van der Waals surface area contributed by atoms with Crippen LogP contribution in [0.1, 0.15) is 75.9 Å². The van der Waals surface area contributed by atoms with Crippen LogP contribution in [0.2, 0.25) is 0 Å². The van der Waals surface area contributed by atoms with Crippen LogP contribution in [-0.2, 0) is 6.42 Å². The number of benzene rings is 1. The molecule has 1 aromatic carbocycles. The number of nitrogens with zero attached hydrogens (tertiary/aromatic N) is 3. The summed E-state index contributed by atoms with van der Waals surface area (Å²) < 4.78 is 2.02. The lowest BCUT2D eigenvalue weighted by Crippen LogP contribution is -2.43. The Labute approximate surface area is 173 Å². The molecule has 0 radical (unpaired) electrons. The number of fused-ring (bicyclic) bond motifs is 1. The summed E-state index contributed by atoms with van der Waals surface area (Å²) in [5.41, 5.74) is 2.49. The highest BCUT2D eigenvalue weighted by Gasteiger charge is 2.28. The summed E-state index contributed by atoms with van der Waals surface area (Å²) in [5.74, 6) is 0. The number of para-hydroxylation sites is 2. The first-order valence-electron chi connectivity index (χ1n) is 11.6. The number of hydrogen-bond donors (Lipinski definition) is 1. The van der Waals surface area contributed by atoms with Crippen LogP contribution in [-0.4, -0.2) is 45.3 Å². The molecule has 29 heavy (non-hydrogen) atoms. The maximum atomic E-state index is 13.3. The van der Waals surface area contributed by atoms with Gasteiger partial charge in [-0.3, -0.25) is 4.79 Å². The van der Waals surface area contributed by atoms with Crippen LogP contribution in [0.25, 0.3) is 11.0 Å². The van der Waals surface area contributed by atoms with Gasteiger partial charge in [0.1, 0.15) is 5.69 Å². The van der Waals surface area contributed by atoms with Gasteiger partial charge in [-0.2, -0.15) is 0 Å². The van der Waals surface area contributed by atoms with Crippen molar-refractivity contribution in [3.8, 4) is 0 Å². The van der Waals surface area contributed by atoms with E-state index < -0.39 is 0 Å². The van der Waals surface area contributed by atoms with E-state index in [1.165, 1.54) is 44.9 Å². The zero-order valence-corrected chi connectivity index (χ0v) is 17.6. The Morgan fingerprint density at radius 2 is 1.62 bits per heavy atom. The van der Waals surface area contributed by atoms with E-state index >= 15 is 0 Å². The fraction of sp³-hybridized carbons (Fsp3) is 0.667. The van der Waals surface area contributed by atoms with Crippen molar-refractivity contribution in [2.24, 2.45) is 0 Å². The van der Waals surface area contributed by atoms with E-state index in [2.05, 4.69) is 9.88 Å². The molecule has 1 saturated carbocycles. The lowest BCUT2D eigenvalue weighted by atomic mass is 9.93. The van der Waals surface area contributed by atoms with Crippen molar-refractivity contribution < 1.29 is 5.11 Å². The molecule has 1 saturated heterocycles. The summed E-state index contributed by atoms with van der Waals surface area (Å²) in [6.45, 7) is 2.27. The van der Waals surface area contributed by atoms with Crippen LogP contribution in [0.5, 0.6) is 0 Å². The second kappa shape index (κ2) is 9.86. The number of likely N-dealkylation sites (tertiary alicyclic amines) is 1. The molecule has 0 spiro atoms. The van der Waals surface area contributed by atoms with E-state index in [0.717, 1.165) is 43.0 Å². The van der Waals surface area contributed by atoms with Gasteiger partial charge in [0, 0.05) is 31.8 Å². The highest BCUT2D eigenvalue weighted by Crippen LogP contribution is 2.29. The van der Waals surface area contributed by atoms with Crippen LogP contribution in [0.3, 0.4) is 0 Å². The smallest absolute Gasteiger partial charge is 0.272 e. The molecule has 0 atom stereocenters. The van der Waals surface area contributed by atoms with Crippen LogP contribution < -0.4 is 5.56 Å². The van der Waals surface area contributed by atoms with Crippen LogP contribution in [0.15, 0.2) is 29.1 Å². The largest absolute Gasteiger partial charge is 0.396 e. The summed E-state index contributed by atoms with van der Waals surface area (Å²) in [4.78, 5) is 20.6. The predicted molar refractivity (Wildman–Crippen MR) is 117 cm³/mol. The molecule has 2 aromatic rings. The second-order valence-electron chi connectivity index (χ2n) is 8.82. The standard InChI is InChI=1S/C24H35N3O2/c28-18-8-12-22-24(29)27(23-13-7-6-11-21(23)25-22)20-14-16-26(17-15-20)19-9-4-2-1-3-5-10-19/h6-7,11,13,19-20,28H,1-5,8-10,12,14-18H2. The number of aryl methyl sites for hydroxylation is 1. The maximum Gasteiger partial charge on any atom is 0.272 e. The molecule has 0 amide bonds. The highest BCUT2D eigenvalue weighted by atomic mass is 16.3. The molecule has 2 fully saturated rings. The zero-order chi connectivity index (χ0) is 20.1. The Morgan fingerprint density at radius 1 is 0.931 bits per heavy atom.